The average molecular weight is 383 g/mol. The fraction of sp³-hybridized carbons (Fsp3) is 0.611. The highest BCUT2D eigenvalue weighted by atomic mass is 79.9. The lowest BCUT2D eigenvalue weighted by atomic mass is 9.77. The molecule has 0 saturated heterocycles. The molecule has 2 N–H and O–H groups in total. The van der Waals surface area contributed by atoms with E-state index in [4.69, 9.17) is 4.74 Å². The lowest BCUT2D eigenvalue weighted by molar-refractivity contribution is 0.0600. The van der Waals surface area contributed by atoms with Crippen LogP contribution < -0.4 is 10.6 Å². The smallest absolute Gasteiger partial charge is 0.338 e. The Morgan fingerprint density at radius 1 is 1.39 bits per heavy atom. The van der Waals surface area contributed by atoms with Gasteiger partial charge in [-0.1, -0.05) is 22.9 Å². The zero-order chi connectivity index (χ0) is 17.0. The van der Waals surface area contributed by atoms with Gasteiger partial charge in [0.05, 0.1) is 12.7 Å². The number of halogens is 1. The Labute approximate surface area is 147 Å². The number of nitrogens with one attached hydrogen (secondary N) is 2. The third-order valence-corrected chi connectivity index (χ3v) is 5.66. The highest BCUT2D eigenvalue weighted by Crippen LogP contribution is 2.36. The number of ether oxygens (including phenoxy) is 1. The van der Waals surface area contributed by atoms with Crippen molar-refractivity contribution in [1.82, 2.24) is 5.32 Å². The molecular weight excluding hydrogens is 356 g/mol. The van der Waals surface area contributed by atoms with Crippen molar-refractivity contribution in [2.75, 3.05) is 19.5 Å². The largest absolute Gasteiger partial charge is 0.465 e. The maximum atomic E-state index is 12.0. The summed E-state index contributed by atoms with van der Waals surface area (Å²) in [4.78, 5) is 12.0. The predicted molar refractivity (Wildman–Crippen MR) is 98.2 cm³/mol. The summed E-state index contributed by atoms with van der Waals surface area (Å²) in [5.41, 5.74) is 2.68. The minimum absolute atomic E-state index is 0.103. The van der Waals surface area contributed by atoms with Crippen LogP contribution >= 0.6 is 15.9 Å². The van der Waals surface area contributed by atoms with E-state index in [0.717, 1.165) is 35.0 Å². The molecule has 1 saturated carbocycles. The Hall–Kier alpha value is -1.07. The quantitative estimate of drug-likeness (QED) is 0.746. The van der Waals surface area contributed by atoms with Crippen LogP contribution in [0.2, 0.25) is 0 Å². The molecule has 0 heterocycles. The normalized spacial score (nSPS) is 24.3. The lowest BCUT2D eigenvalue weighted by Crippen LogP contribution is -2.45. The summed E-state index contributed by atoms with van der Waals surface area (Å²) in [6.45, 7) is 4.21. The van der Waals surface area contributed by atoms with Gasteiger partial charge in [0, 0.05) is 21.7 Å². The van der Waals surface area contributed by atoms with Gasteiger partial charge in [0.1, 0.15) is 0 Å². The summed E-state index contributed by atoms with van der Waals surface area (Å²) in [6, 6.07) is 4.50. The third-order valence-electron chi connectivity index (χ3n) is 5.21. The van der Waals surface area contributed by atoms with Crippen LogP contribution in [0.5, 0.6) is 0 Å². The second kappa shape index (κ2) is 7.67. The Morgan fingerprint density at radius 3 is 2.57 bits per heavy atom. The van der Waals surface area contributed by atoms with E-state index in [1.54, 1.807) is 0 Å². The average Bonchev–Trinajstić information content (AvgIpc) is 2.57. The molecule has 5 heteroatoms. The second-order valence-corrected chi connectivity index (χ2v) is 7.35. The van der Waals surface area contributed by atoms with Crippen molar-refractivity contribution in [3.8, 4) is 0 Å². The predicted octanol–water partition coefficient (Wildman–Crippen LogP) is 4.27. The molecule has 0 amide bonds. The van der Waals surface area contributed by atoms with Crippen molar-refractivity contribution in [1.29, 1.82) is 0 Å². The van der Waals surface area contributed by atoms with Gasteiger partial charge in [-0.2, -0.15) is 0 Å². The molecule has 1 aromatic carbocycles. The van der Waals surface area contributed by atoms with Crippen LogP contribution in [-0.4, -0.2) is 31.7 Å². The number of esters is 1. The number of rotatable bonds is 5. The SMILES string of the molecule is CCC1(Nc2cc(Br)cc(C(=O)OC)c2C)CCC(NC)CC1. The highest BCUT2D eigenvalue weighted by Gasteiger charge is 2.34. The van der Waals surface area contributed by atoms with Crippen molar-refractivity contribution >= 4 is 27.6 Å². The van der Waals surface area contributed by atoms with Gasteiger partial charge in [-0.3, -0.25) is 0 Å². The zero-order valence-electron chi connectivity index (χ0n) is 14.5. The van der Waals surface area contributed by atoms with Crippen LogP contribution in [0.15, 0.2) is 16.6 Å². The van der Waals surface area contributed by atoms with Gasteiger partial charge in [-0.05, 0) is 63.8 Å². The lowest BCUT2D eigenvalue weighted by Gasteiger charge is -2.41. The molecule has 2 rings (SSSR count). The van der Waals surface area contributed by atoms with Gasteiger partial charge in [-0.25, -0.2) is 4.79 Å². The number of hydrogen-bond acceptors (Lipinski definition) is 4. The first-order valence-corrected chi connectivity index (χ1v) is 9.08. The summed E-state index contributed by atoms with van der Waals surface area (Å²) < 4.78 is 5.79. The highest BCUT2D eigenvalue weighted by molar-refractivity contribution is 9.10. The first kappa shape index (κ1) is 18.3. The molecule has 0 spiro atoms. The van der Waals surface area contributed by atoms with Crippen molar-refractivity contribution in [3.05, 3.63) is 27.7 Å². The van der Waals surface area contributed by atoms with Crippen LogP contribution in [-0.2, 0) is 4.74 Å². The minimum atomic E-state index is -0.295. The summed E-state index contributed by atoms with van der Waals surface area (Å²) in [7, 11) is 3.46. The van der Waals surface area contributed by atoms with Crippen molar-refractivity contribution in [2.24, 2.45) is 0 Å². The Morgan fingerprint density at radius 2 is 2.04 bits per heavy atom. The first-order chi connectivity index (χ1) is 10.9. The van der Waals surface area contributed by atoms with Crippen LogP contribution in [0.25, 0.3) is 0 Å². The van der Waals surface area contributed by atoms with Gasteiger partial charge in [0.2, 0.25) is 0 Å². The van der Waals surface area contributed by atoms with Gasteiger partial charge < -0.3 is 15.4 Å². The summed E-state index contributed by atoms with van der Waals surface area (Å²) in [5.74, 6) is -0.295. The summed E-state index contributed by atoms with van der Waals surface area (Å²) >= 11 is 3.51. The van der Waals surface area contributed by atoms with Crippen LogP contribution in [0.4, 0.5) is 5.69 Å². The molecule has 1 aliphatic carbocycles. The Kier molecular flexibility index (Phi) is 6.09. The molecule has 0 unspecified atom stereocenters. The second-order valence-electron chi connectivity index (χ2n) is 6.44. The molecule has 0 atom stereocenters. The van der Waals surface area contributed by atoms with Crippen molar-refractivity contribution in [3.63, 3.8) is 0 Å². The standard InChI is InChI=1S/C18H27BrN2O2/c1-5-18(8-6-14(20-3)7-9-18)21-16-11-13(19)10-15(12(16)2)17(22)23-4/h10-11,14,20-21H,5-9H2,1-4H3. The Balaban J connectivity index is 2.28. The molecule has 1 fully saturated rings. The summed E-state index contributed by atoms with van der Waals surface area (Å²) in [5, 5.41) is 7.14. The molecule has 4 nitrogen and oxygen atoms in total. The van der Waals surface area contributed by atoms with E-state index in [1.165, 1.54) is 20.0 Å². The number of anilines is 1. The number of hydrogen-bond donors (Lipinski definition) is 2. The first-order valence-electron chi connectivity index (χ1n) is 8.28. The molecular formula is C18H27BrN2O2. The van der Waals surface area contributed by atoms with Gasteiger partial charge in [0.15, 0.2) is 0 Å². The maximum Gasteiger partial charge on any atom is 0.338 e. The molecule has 0 aromatic heterocycles. The maximum absolute atomic E-state index is 12.0. The van der Waals surface area contributed by atoms with Crippen molar-refractivity contribution < 1.29 is 9.53 Å². The molecule has 23 heavy (non-hydrogen) atoms. The number of carbonyl (C=O) groups is 1. The topological polar surface area (TPSA) is 50.4 Å². The number of benzene rings is 1. The van der Waals surface area contributed by atoms with E-state index in [0.29, 0.717) is 11.6 Å². The molecule has 1 aromatic rings. The molecule has 0 radical (unpaired) electrons. The fourth-order valence-corrected chi connectivity index (χ4v) is 3.90. The van der Waals surface area contributed by atoms with E-state index >= 15 is 0 Å². The molecule has 1 aliphatic rings. The van der Waals surface area contributed by atoms with E-state index in [1.807, 2.05) is 20.0 Å². The number of methoxy groups -OCH3 is 1. The van der Waals surface area contributed by atoms with E-state index < -0.39 is 0 Å². The van der Waals surface area contributed by atoms with Crippen LogP contribution in [0, 0.1) is 6.92 Å². The van der Waals surface area contributed by atoms with Gasteiger partial charge >= 0.3 is 5.97 Å². The van der Waals surface area contributed by atoms with Gasteiger partial charge in [0.25, 0.3) is 0 Å². The van der Waals surface area contributed by atoms with Crippen LogP contribution in [0.1, 0.15) is 54.9 Å². The van der Waals surface area contributed by atoms with E-state index in [-0.39, 0.29) is 11.5 Å². The van der Waals surface area contributed by atoms with Crippen LogP contribution in [0.3, 0.4) is 0 Å². The number of carbonyl (C=O) groups excluding carboxylic acids is 1. The monoisotopic (exact) mass is 382 g/mol. The third kappa shape index (κ3) is 4.07. The zero-order valence-corrected chi connectivity index (χ0v) is 16.0. The molecule has 128 valence electrons. The van der Waals surface area contributed by atoms with Crippen molar-refractivity contribution in [2.45, 2.75) is 57.5 Å². The Bertz CT molecular complexity index is 566. The summed E-state index contributed by atoms with van der Waals surface area (Å²) in [6.07, 6.45) is 5.69. The molecule has 0 bridgehead atoms. The molecule has 0 aliphatic heterocycles. The minimum Gasteiger partial charge on any atom is -0.465 e. The van der Waals surface area contributed by atoms with E-state index in [2.05, 4.69) is 39.6 Å². The van der Waals surface area contributed by atoms with Gasteiger partial charge in [-0.15, -0.1) is 0 Å². The van der Waals surface area contributed by atoms with E-state index in [9.17, 15) is 4.79 Å². The fourth-order valence-electron chi connectivity index (χ4n) is 3.44.